The molecule has 118 valence electrons. The van der Waals surface area contributed by atoms with Crippen molar-refractivity contribution in [2.24, 2.45) is 5.92 Å². The van der Waals surface area contributed by atoms with E-state index >= 15 is 0 Å². The lowest BCUT2D eigenvalue weighted by atomic mass is 9.99. The van der Waals surface area contributed by atoms with Crippen LogP contribution in [0.3, 0.4) is 0 Å². The summed E-state index contributed by atoms with van der Waals surface area (Å²) in [5.41, 5.74) is 2.59. The Hall–Kier alpha value is -1.06. The average Bonchev–Trinajstić information content (AvgIpc) is 2.45. The first-order chi connectivity index (χ1) is 10.1. The second-order valence-corrected chi connectivity index (χ2v) is 6.66. The molecule has 1 fully saturated rings. The topological polar surface area (TPSA) is 24.5 Å². The maximum atomic E-state index is 5.57. The van der Waals surface area contributed by atoms with Crippen molar-refractivity contribution in [2.45, 2.75) is 52.7 Å². The number of rotatable bonds is 6. The normalized spacial score (nSPS) is 20.0. The Bertz CT molecular complexity index is 445. The molecule has 1 saturated heterocycles. The lowest BCUT2D eigenvalue weighted by Crippen LogP contribution is -2.33. The number of nitrogens with zero attached hydrogens (tertiary/aromatic N) is 1. The standard InChI is InChI=1S/C18H30N2O/c1-14(2)19-11-17-8-7-16(10-18(17)21-4)13-20-9-5-6-15(3)12-20/h7-8,10,14-15,19H,5-6,9,11-13H2,1-4H3. The smallest absolute Gasteiger partial charge is 0.123 e. The third-order valence-electron chi connectivity index (χ3n) is 4.20. The van der Waals surface area contributed by atoms with Gasteiger partial charge in [0.15, 0.2) is 0 Å². The van der Waals surface area contributed by atoms with Gasteiger partial charge in [-0.2, -0.15) is 0 Å². The summed E-state index contributed by atoms with van der Waals surface area (Å²) in [6.07, 6.45) is 2.70. The van der Waals surface area contributed by atoms with Crippen molar-refractivity contribution in [3.8, 4) is 5.75 Å². The molecule has 0 bridgehead atoms. The Morgan fingerprint density at radius 3 is 2.86 bits per heavy atom. The van der Waals surface area contributed by atoms with Crippen LogP contribution in [0.2, 0.25) is 0 Å². The first kappa shape index (κ1) is 16.3. The summed E-state index contributed by atoms with van der Waals surface area (Å²) in [6.45, 7) is 11.0. The van der Waals surface area contributed by atoms with Gasteiger partial charge in [-0.05, 0) is 36.9 Å². The first-order valence-electron chi connectivity index (χ1n) is 8.20. The van der Waals surface area contributed by atoms with Crippen molar-refractivity contribution < 1.29 is 4.74 Å². The van der Waals surface area contributed by atoms with E-state index in [9.17, 15) is 0 Å². The van der Waals surface area contributed by atoms with E-state index in [1.807, 2.05) is 0 Å². The Morgan fingerprint density at radius 1 is 1.38 bits per heavy atom. The van der Waals surface area contributed by atoms with Gasteiger partial charge in [-0.3, -0.25) is 4.90 Å². The molecule has 1 aromatic rings. The minimum atomic E-state index is 0.490. The fraction of sp³-hybridized carbons (Fsp3) is 0.667. The maximum Gasteiger partial charge on any atom is 0.123 e. The van der Waals surface area contributed by atoms with Gasteiger partial charge >= 0.3 is 0 Å². The van der Waals surface area contributed by atoms with E-state index in [0.29, 0.717) is 6.04 Å². The third-order valence-corrected chi connectivity index (χ3v) is 4.20. The van der Waals surface area contributed by atoms with Gasteiger partial charge in [0.25, 0.3) is 0 Å². The second-order valence-electron chi connectivity index (χ2n) is 6.66. The molecule has 1 atom stereocenters. The molecule has 1 aromatic carbocycles. The molecule has 21 heavy (non-hydrogen) atoms. The molecule has 0 radical (unpaired) electrons. The van der Waals surface area contributed by atoms with E-state index in [2.05, 4.69) is 49.2 Å². The van der Waals surface area contributed by atoms with E-state index in [4.69, 9.17) is 4.74 Å². The second kappa shape index (κ2) is 7.81. The fourth-order valence-corrected chi connectivity index (χ4v) is 3.04. The van der Waals surface area contributed by atoms with Gasteiger partial charge in [-0.25, -0.2) is 0 Å². The molecule has 1 aliphatic heterocycles. The number of benzene rings is 1. The summed E-state index contributed by atoms with van der Waals surface area (Å²) in [7, 11) is 1.76. The van der Waals surface area contributed by atoms with Crippen molar-refractivity contribution in [2.75, 3.05) is 20.2 Å². The highest BCUT2D eigenvalue weighted by molar-refractivity contribution is 5.37. The van der Waals surface area contributed by atoms with Crippen LogP contribution >= 0.6 is 0 Å². The number of likely N-dealkylation sites (tertiary alicyclic amines) is 1. The van der Waals surface area contributed by atoms with E-state index in [1.165, 1.54) is 37.1 Å². The number of ether oxygens (including phenoxy) is 1. The molecular weight excluding hydrogens is 260 g/mol. The minimum Gasteiger partial charge on any atom is -0.496 e. The van der Waals surface area contributed by atoms with Gasteiger partial charge < -0.3 is 10.1 Å². The fourth-order valence-electron chi connectivity index (χ4n) is 3.04. The lowest BCUT2D eigenvalue weighted by molar-refractivity contribution is 0.176. The Labute approximate surface area is 129 Å². The minimum absolute atomic E-state index is 0.490. The van der Waals surface area contributed by atoms with Crippen LogP contribution in [-0.4, -0.2) is 31.1 Å². The molecule has 1 unspecified atom stereocenters. The SMILES string of the molecule is COc1cc(CN2CCCC(C)C2)ccc1CNC(C)C. The largest absolute Gasteiger partial charge is 0.496 e. The number of hydrogen-bond donors (Lipinski definition) is 1. The molecule has 0 saturated carbocycles. The zero-order chi connectivity index (χ0) is 15.2. The monoisotopic (exact) mass is 290 g/mol. The van der Waals surface area contributed by atoms with Gasteiger partial charge in [0.2, 0.25) is 0 Å². The van der Waals surface area contributed by atoms with E-state index in [-0.39, 0.29) is 0 Å². The molecule has 0 amide bonds. The summed E-state index contributed by atoms with van der Waals surface area (Å²) in [4.78, 5) is 2.56. The van der Waals surface area contributed by atoms with Crippen LogP contribution < -0.4 is 10.1 Å². The summed E-state index contributed by atoms with van der Waals surface area (Å²) >= 11 is 0. The lowest BCUT2D eigenvalue weighted by Gasteiger charge is -2.31. The summed E-state index contributed by atoms with van der Waals surface area (Å²) in [5.74, 6) is 1.83. The Balaban J connectivity index is 2.00. The van der Waals surface area contributed by atoms with Gasteiger partial charge in [0.1, 0.15) is 5.75 Å². The van der Waals surface area contributed by atoms with Crippen molar-refractivity contribution in [1.29, 1.82) is 0 Å². The van der Waals surface area contributed by atoms with Crippen LogP contribution in [-0.2, 0) is 13.1 Å². The first-order valence-corrected chi connectivity index (χ1v) is 8.20. The van der Waals surface area contributed by atoms with Gasteiger partial charge in [-0.1, -0.05) is 32.9 Å². The highest BCUT2D eigenvalue weighted by atomic mass is 16.5. The maximum absolute atomic E-state index is 5.57. The quantitative estimate of drug-likeness (QED) is 0.869. The summed E-state index contributed by atoms with van der Waals surface area (Å²) in [6, 6.07) is 7.15. The molecule has 3 heteroatoms. The summed E-state index contributed by atoms with van der Waals surface area (Å²) in [5, 5.41) is 3.45. The molecule has 1 heterocycles. The molecule has 0 aromatic heterocycles. The number of methoxy groups -OCH3 is 1. The van der Waals surface area contributed by atoms with E-state index in [0.717, 1.165) is 24.8 Å². The van der Waals surface area contributed by atoms with E-state index < -0.39 is 0 Å². The molecule has 1 aliphatic rings. The summed E-state index contributed by atoms with van der Waals surface area (Å²) < 4.78 is 5.57. The molecule has 2 rings (SSSR count). The number of nitrogens with one attached hydrogen (secondary N) is 1. The average molecular weight is 290 g/mol. The van der Waals surface area contributed by atoms with Crippen LogP contribution in [0.5, 0.6) is 5.75 Å². The predicted octanol–water partition coefficient (Wildman–Crippen LogP) is 3.43. The van der Waals surface area contributed by atoms with E-state index in [1.54, 1.807) is 7.11 Å². The van der Waals surface area contributed by atoms with Gasteiger partial charge in [-0.15, -0.1) is 0 Å². The number of piperidine rings is 1. The molecule has 3 nitrogen and oxygen atoms in total. The van der Waals surface area contributed by atoms with Crippen LogP contribution in [0.15, 0.2) is 18.2 Å². The third kappa shape index (κ3) is 5.01. The molecule has 0 aliphatic carbocycles. The van der Waals surface area contributed by atoms with Crippen molar-refractivity contribution in [3.05, 3.63) is 29.3 Å². The molecular formula is C18H30N2O. The Kier molecular flexibility index (Phi) is 6.07. The molecule has 1 N–H and O–H groups in total. The number of hydrogen-bond acceptors (Lipinski definition) is 3. The zero-order valence-corrected chi connectivity index (χ0v) is 14.0. The highest BCUT2D eigenvalue weighted by Gasteiger charge is 2.16. The van der Waals surface area contributed by atoms with Crippen LogP contribution in [0.1, 0.15) is 44.7 Å². The van der Waals surface area contributed by atoms with Crippen LogP contribution in [0.25, 0.3) is 0 Å². The molecule has 0 spiro atoms. The van der Waals surface area contributed by atoms with Gasteiger partial charge in [0, 0.05) is 31.2 Å². The van der Waals surface area contributed by atoms with Crippen molar-refractivity contribution in [1.82, 2.24) is 10.2 Å². The van der Waals surface area contributed by atoms with Crippen molar-refractivity contribution in [3.63, 3.8) is 0 Å². The highest BCUT2D eigenvalue weighted by Crippen LogP contribution is 2.23. The predicted molar refractivity (Wildman–Crippen MR) is 88.6 cm³/mol. The zero-order valence-electron chi connectivity index (χ0n) is 14.0. The van der Waals surface area contributed by atoms with Crippen molar-refractivity contribution >= 4 is 0 Å². The van der Waals surface area contributed by atoms with Gasteiger partial charge in [0.05, 0.1) is 7.11 Å². The van der Waals surface area contributed by atoms with Crippen LogP contribution in [0.4, 0.5) is 0 Å². The Morgan fingerprint density at radius 2 is 2.19 bits per heavy atom. The van der Waals surface area contributed by atoms with Crippen LogP contribution in [0, 0.1) is 5.92 Å².